The van der Waals surface area contributed by atoms with E-state index >= 15 is 0 Å². The molecule has 0 aliphatic rings. The van der Waals surface area contributed by atoms with Crippen LogP contribution in [0, 0.1) is 0 Å². The lowest BCUT2D eigenvalue weighted by Gasteiger charge is -2.01. The lowest BCUT2D eigenvalue weighted by molar-refractivity contribution is 0.809. The van der Waals surface area contributed by atoms with Gasteiger partial charge < -0.3 is 5.73 Å². The first-order valence-corrected chi connectivity index (χ1v) is 4.32. The van der Waals surface area contributed by atoms with Crippen molar-refractivity contribution in [2.24, 2.45) is 0 Å². The summed E-state index contributed by atoms with van der Waals surface area (Å²) in [7, 11) is 0. The minimum atomic E-state index is 0.480. The maximum absolute atomic E-state index is 5.54. The van der Waals surface area contributed by atoms with Crippen LogP contribution in [-0.2, 0) is 0 Å². The molecule has 0 aliphatic heterocycles. The summed E-state index contributed by atoms with van der Waals surface area (Å²) in [5, 5.41) is 4.84. The lowest BCUT2D eigenvalue weighted by atomic mass is 10.3. The van der Waals surface area contributed by atoms with Crippen molar-refractivity contribution in [1.29, 1.82) is 0 Å². The number of hydrogen-bond donors (Lipinski definition) is 2. The first-order chi connectivity index (χ1) is 6.27. The number of nitrogen functional groups attached to an aromatic ring is 1. The highest BCUT2D eigenvalue weighted by Crippen LogP contribution is 2.15. The van der Waals surface area contributed by atoms with Gasteiger partial charge in [0.25, 0.3) is 0 Å². The molecule has 3 nitrogen and oxygen atoms in total. The van der Waals surface area contributed by atoms with Gasteiger partial charge in [0, 0.05) is 6.07 Å². The van der Waals surface area contributed by atoms with Crippen LogP contribution in [0.5, 0.6) is 0 Å². The van der Waals surface area contributed by atoms with E-state index < -0.39 is 0 Å². The number of thiol groups is 1. The largest absolute Gasteiger partial charge is 0.382 e. The second-order valence-electron chi connectivity index (χ2n) is 2.67. The molecule has 0 saturated carbocycles. The highest BCUT2D eigenvalue weighted by atomic mass is 32.1. The number of nitrogens with zero attached hydrogens (tertiary/aromatic N) is 2. The highest BCUT2D eigenvalue weighted by Gasteiger charge is 2.02. The molecule has 0 saturated heterocycles. The van der Waals surface area contributed by atoms with E-state index in [0.29, 0.717) is 5.82 Å². The predicted molar refractivity (Wildman–Crippen MR) is 55.2 cm³/mol. The zero-order chi connectivity index (χ0) is 9.26. The maximum atomic E-state index is 5.54. The van der Waals surface area contributed by atoms with Crippen molar-refractivity contribution in [3.63, 3.8) is 0 Å². The van der Waals surface area contributed by atoms with Crippen LogP contribution in [0.1, 0.15) is 0 Å². The van der Waals surface area contributed by atoms with E-state index in [1.54, 1.807) is 10.7 Å². The first kappa shape index (κ1) is 8.19. The quantitative estimate of drug-likeness (QED) is 0.674. The van der Waals surface area contributed by atoms with E-state index in [1.165, 1.54) is 0 Å². The molecule has 1 aromatic carbocycles. The summed E-state index contributed by atoms with van der Waals surface area (Å²) >= 11 is 4.25. The number of anilines is 1. The summed E-state index contributed by atoms with van der Waals surface area (Å²) in [4.78, 5) is 0. The standard InChI is InChI=1S/C9H9N3S/c10-8-6-9(13)12(11-8)7-4-2-1-3-5-7/h1-6,13H,(H2,10,11). The van der Waals surface area contributed by atoms with Crippen LogP contribution in [-0.4, -0.2) is 9.78 Å². The van der Waals surface area contributed by atoms with Gasteiger partial charge in [-0.15, -0.1) is 17.7 Å². The van der Waals surface area contributed by atoms with Gasteiger partial charge in [0.2, 0.25) is 0 Å². The molecule has 1 heterocycles. The van der Waals surface area contributed by atoms with Crippen LogP contribution in [0.25, 0.3) is 5.69 Å². The van der Waals surface area contributed by atoms with Gasteiger partial charge in [-0.2, -0.15) is 0 Å². The van der Waals surface area contributed by atoms with Crippen molar-refractivity contribution in [2.45, 2.75) is 5.03 Å². The van der Waals surface area contributed by atoms with Gasteiger partial charge in [-0.05, 0) is 12.1 Å². The number of aromatic nitrogens is 2. The Hall–Kier alpha value is -1.42. The molecule has 2 rings (SSSR count). The van der Waals surface area contributed by atoms with Crippen molar-refractivity contribution in [1.82, 2.24) is 9.78 Å². The number of benzene rings is 1. The number of para-hydroxylation sites is 1. The predicted octanol–water partition coefficient (Wildman–Crippen LogP) is 1.74. The summed E-state index contributed by atoms with van der Waals surface area (Å²) in [6.07, 6.45) is 0. The third-order valence-electron chi connectivity index (χ3n) is 1.71. The fraction of sp³-hybridized carbons (Fsp3) is 0. The average Bonchev–Trinajstić information content (AvgIpc) is 2.47. The number of hydrogen-bond acceptors (Lipinski definition) is 3. The van der Waals surface area contributed by atoms with Gasteiger partial charge in [0.05, 0.1) is 10.7 Å². The third kappa shape index (κ3) is 1.53. The fourth-order valence-corrected chi connectivity index (χ4v) is 1.44. The Labute approximate surface area is 81.6 Å². The molecule has 4 heteroatoms. The van der Waals surface area contributed by atoms with Crippen LogP contribution in [0.3, 0.4) is 0 Å². The summed E-state index contributed by atoms with van der Waals surface area (Å²) in [6, 6.07) is 11.5. The molecule has 2 N–H and O–H groups in total. The van der Waals surface area contributed by atoms with Crippen LogP contribution < -0.4 is 5.73 Å². The van der Waals surface area contributed by atoms with Gasteiger partial charge in [-0.1, -0.05) is 18.2 Å². The molecule has 0 amide bonds. The third-order valence-corrected chi connectivity index (χ3v) is 2.03. The Kier molecular flexibility index (Phi) is 1.98. The lowest BCUT2D eigenvalue weighted by Crippen LogP contribution is -1.97. The first-order valence-electron chi connectivity index (χ1n) is 3.87. The van der Waals surface area contributed by atoms with Crippen molar-refractivity contribution >= 4 is 18.4 Å². The highest BCUT2D eigenvalue weighted by molar-refractivity contribution is 7.80. The topological polar surface area (TPSA) is 43.8 Å². The van der Waals surface area contributed by atoms with Crippen LogP contribution in [0.2, 0.25) is 0 Å². The number of rotatable bonds is 1. The molecule has 66 valence electrons. The molecule has 0 aliphatic carbocycles. The second-order valence-corrected chi connectivity index (χ2v) is 3.13. The summed E-state index contributed by atoms with van der Waals surface area (Å²) < 4.78 is 1.69. The van der Waals surface area contributed by atoms with E-state index in [4.69, 9.17) is 5.73 Å². The molecule has 0 bridgehead atoms. The Morgan fingerprint density at radius 3 is 2.46 bits per heavy atom. The molecule has 2 aromatic rings. The summed E-state index contributed by atoms with van der Waals surface area (Å²) in [6.45, 7) is 0. The molecule has 0 atom stereocenters. The Morgan fingerprint density at radius 2 is 1.92 bits per heavy atom. The van der Waals surface area contributed by atoms with Gasteiger partial charge in [0.1, 0.15) is 5.82 Å². The zero-order valence-corrected chi connectivity index (χ0v) is 7.78. The minimum absolute atomic E-state index is 0.480. The fourth-order valence-electron chi connectivity index (χ4n) is 1.15. The van der Waals surface area contributed by atoms with Gasteiger partial charge in [0.15, 0.2) is 0 Å². The van der Waals surface area contributed by atoms with E-state index in [9.17, 15) is 0 Å². The zero-order valence-electron chi connectivity index (χ0n) is 6.88. The smallest absolute Gasteiger partial charge is 0.147 e. The van der Waals surface area contributed by atoms with Crippen molar-refractivity contribution in [3.8, 4) is 5.69 Å². The van der Waals surface area contributed by atoms with Crippen molar-refractivity contribution in [2.75, 3.05) is 5.73 Å². The molecule has 0 spiro atoms. The normalized spacial score (nSPS) is 10.2. The number of nitrogens with two attached hydrogens (primary N) is 1. The van der Waals surface area contributed by atoms with Gasteiger partial charge in [-0.25, -0.2) is 4.68 Å². The molecular formula is C9H9N3S. The molecule has 13 heavy (non-hydrogen) atoms. The van der Waals surface area contributed by atoms with E-state index in [2.05, 4.69) is 17.7 Å². The van der Waals surface area contributed by atoms with Crippen LogP contribution in [0.15, 0.2) is 41.4 Å². The van der Waals surface area contributed by atoms with Crippen molar-refractivity contribution < 1.29 is 0 Å². The van der Waals surface area contributed by atoms with E-state index in [-0.39, 0.29) is 0 Å². The summed E-state index contributed by atoms with van der Waals surface area (Å²) in [5.74, 6) is 0.480. The van der Waals surface area contributed by atoms with Gasteiger partial charge in [-0.3, -0.25) is 0 Å². The molecule has 0 unspecified atom stereocenters. The van der Waals surface area contributed by atoms with Crippen LogP contribution in [0.4, 0.5) is 5.82 Å². The summed E-state index contributed by atoms with van der Waals surface area (Å²) in [5.41, 5.74) is 6.50. The Morgan fingerprint density at radius 1 is 1.23 bits per heavy atom. The van der Waals surface area contributed by atoms with E-state index in [1.807, 2.05) is 30.3 Å². The SMILES string of the molecule is Nc1cc(S)n(-c2ccccc2)n1. The Bertz CT molecular complexity index is 408. The van der Waals surface area contributed by atoms with Crippen LogP contribution >= 0.6 is 12.6 Å². The maximum Gasteiger partial charge on any atom is 0.147 e. The molecule has 0 fully saturated rings. The average molecular weight is 191 g/mol. The molecule has 1 aromatic heterocycles. The monoisotopic (exact) mass is 191 g/mol. The van der Waals surface area contributed by atoms with E-state index in [0.717, 1.165) is 10.7 Å². The molecular weight excluding hydrogens is 182 g/mol. The van der Waals surface area contributed by atoms with Crippen molar-refractivity contribution in [3.05, 3.63) is 36.4 Å². The second kappa shape index (κ2) is 3.14. The Balaban J connectivity index is 2.53. The van der Waals surface area contributed by atoms with Gasteiger partial charge >= 0.3 is 0 Å². The molecule has 0 radical (unpaired) electrons. The minimum Gasteiger partial charge on any atom is -0.382 e.